The number of ether oxygens (including phenoxy) is 4. The molecule has 0 aromatic rings. The third kappa shape index (κ3) is 5.08. The van der Waals surface area contributed by atoms with Gasteiger partial charge in [-0.2, -0.15) is 0 Å². The molecular formula is C18H40N4O10+4. The Balaban J connectivity index is 1.70. The van der Waals surface area contributed by atoms with Crippen LogP contribution < -0.4 is 22.5 Å². The minimum atomic E-state index is -1.32. The minimum absolute atomic E-state index is 0.0267. The molecular weight excluding hydrogens is 432 g/mol. The second-order valence-electron chi connectivity index (χ2n) is 8.99. The van der Waals surface area contributed by atoms with Crippen molar-refractivity contribution in [1.29, 1.82) is 0 Å². The van der Waals surface area contributed by atoms with Gasteiger partial charge in [-0.05, 0) is 0 Å². The number of hydrogen-bond donors (Lipinski definition) is 10. The van der Waals surface area contributed by atoms with Crippen LogP contribution in [0.5, 0.6) is 0 Å². The van der Waals surface area contributed by atoms with Crippen molar-refractivity contribution >= 4 is 0 Å². The van der Waals surface area contributed by atoms with E-state index in [0.29, 0.717) is 6.42 Å². The molecule has 14 atom stereocenters. The lowest BCUT2D eigenvalue weighted by Gasteiger charge is -2.44. The highest BCUT2D eigenvalue weighted by Crippen LogP contribution is 2.28. The van der Waals surface area contributed by atoms with Crippen molar-refractivity contribution in [3.05, 3.63) is 0 Å². The maximum Gasteiger partial charge on any atom is 0.214 e. The third-order valence-corrected chi connectivity index (χ3v) is 6.73. The summed E-state index contributed by atoms with van der Waals surface area (Å²) in [6.45, 7) is -0.558. The van der Waals surface area contributed by atoms with Crippen LogP contribution in [-0.2, 0) is 18.9 Å². The van der Waals surface area contributed by atoms with E-state index in [0.717, 1.165) is 0 Å². The van der Waals surface area contributed by atoms with Crippen LogP contribution in [0.15, 0.2) is 0 Å². The molecule has 1 saturated carbocycles. The first-order valence-corrected chi connectivity index (χ1v) is 11.0. The minimum Gasteiger partial charge on any atom is -0.394 e. The Morgan fingerprint density at radius 3 is 2.03 bits per heavy atom. The Morgan fingerprint density at radius 1 is 0.875 bits per heavy atom. The number of quaternary nitrogens is 4. The molecule has 0 amide bonds. The largest absolute Gasteiger partial charge is 0.394 e. The molecule has 0 aromatic carbocycles. The van der Waals surface area contributed by atoms with E-state index in [1.54, 1.807) is 12.4 Å². The summed E-state index contributed by atoms with van der Waals surface area (Å²) >= 11 is 0. The molecule has 3 fully saturated rings. The summed E-state index contributed by atoms with van der Waals surface area (Å²) < 4.78 is 22.9. The topological polar surface area (TPSA) is 258 Å². The van der Waals surface area contributed by atoms with Crippen LogP contribution >= 0.6 is 0 Å². The van der Waals surface area contributed by atoms with E-state index in [4.69, 9.17) is 18.9 Å². The van der Waals surface area contributed by atoms with Crippen LogP contribution in [0.25, 0.3) is 0 Å². The fraction of sp³-hybridized carbons (Fsp3) is 1.00. The first-order valence-electron chi connectivity index (χ1n) is 11.0. The Hall–Kier alpha value is -0.560. The standard InChI is InChI=1S/C18H36N4O10/c1-22-10-7(24)4-29-18(13(10)27)32-16-6(20)2-5(19)15(14(16)28)31-17-9(21)12(26)11(25)8(3-23)30-17/h5-18,22-28H,2-4,19-21H2,1H3/p+4/t5-,6+,7+,8+,9+,10-,11+,12+,13+,14-,15+,16-,17+,18+/m0/s1. The monoisotopic (exact) mass is 472 g/mol. The predicted molar refractivity (Wildman–Crippen MR) is 102 cm³/mol. The van der Waals surface area contributed by atoms with Crippen LogP contribution in [0.4, 0.5) is 0 Å². The average Bonchev–Trinajstić information content (AvgIpc) is 2.75. The molecule has 0 radical (unpaired) electrons. The van der Waals surface area contributed by atoms with Gasteiger partial charge in [-0.15, -0.1) is 0 Å². The smallest absolute Gasteiger partial charge is 0.214 e. The van der Waals surface area contributed by atoms with Crippen molar-refractivity contribution in [1.82, 2.24) is 0 Å². The van der Waals surface area contributed by atoms with Crippen LogP contribution in [-0.4, -0.2) is 136 Å². The Kier molecular flexibility index (Phi) is 8.79. The summed E-state index contributed by atoms with van der Waals surface area (Å²) in [5.41, 5.74) is 11.9. The van der Waals surface area contributed by atoms with Crippen LogP contribution in [0.3, 0.4) is 0 Å². The predicted octanol–water partition coefficient (Wildman–Crippen LogP) is -9.57. The zero-order valence-electron chi connectivity index (χ0n) is 18.2. The molecule has 17 N–H and O–H groups in total. The number of rotatable bonds is 6. The van der Waals surface area contributed by atoms with E-state index < -0.39 is 86.1 Å². The van der Waals surface area contributed by atoms with Gasteiger partial charge in [0, 0.05) is 0 Å². The molecule has 14 nitrogen and oxygen atoms in total. The fourth-order valence-corrected chi connectivity index (χ4v) is 4.72. The summed E-state index contributed by atoms with van der Waals surface area (Å²) in [6, 6.07) is -2.22. The zero-order valence-corrected chi connectivity index (χ0v) is 18.2. The number of aliphatic hydroxyl groups is 6. The van der Waals surface area contributed by atoms with Gasteiger partial charge in [0.25, 0.3) is 0 Å². The summed E-state index contributed by atoms with van der Waals surface area (Å²) in [7, 11) is 1.72. The SMILES string of the molecule is C[NH2+][C@@H]1[C@@H](O)[C@@H](O[C@@H]2[C@@H](O)[C@H](O[C@H]3O[C@H](CO)[C@@H](O)[C@H](O)[C@H]3[NH3+])[C@@H]([NH3+])C[C@H]2[NH3+])OC[C@H]1O. The van der Waals surface area contributed by atoms with Crippen LogP contribution in [0, 0.1) is 0 Å². The molecule has 3 rings (SSSR count). The maximum atomic E-state index is 11.1. The molecule has 1 aliphatic carbocycles. The lowest BCUT2D eigenvalue weighted by Crippen LogP contribution is -2.94. The second kappa shape index (κ2) is 10.8. The van der Waals surface area contributed by atoms with Crippen LogP contribution in [0.1, 0.15) is 6.42 Å². The Morgan fingerprint density at radius 2 is 1.47 bits per heavy atom. The van der Waals surface area contributed by atoms with Gasteiger partial charge in [0.05, 0.1) is 26.7 Å². The molecule has 32 heavy (non-hydrogen) atoms. The molecule has 188 valence electrons. The molecule has 3 aliphatic rings. The van der Waals surface area contributed by atoms with Crippen molar-refractivity contribution in [3.8, 4) is 0 Å². The van der Waals surface area contributed by atoms with E-state index in [1.165, 1.54) is 0 Å². The quantitative estimate of drug-likeness (QED) is 0.174. The van der Waals surface area contributed by atoms with E-state index >= 15 is 0 Å². The van der Waals surface area contributed by atoms with Gasteiger partial charge in [-0.25, -0.2) is 0 Å². The number of hydrogen-bond acceptors (Lipinski definition) is 10. The molecule has 2 aliphatic heterocycles. The van der Waals surface area contributed by atoms with Gasteiger partial charge in [-0.1, -0.05) is 0 Å². The van der Waals surface area contributed by atoms with E-state index in [9.17, 15) is 30.6 Å². The van der Waals surface area contributed by atoms with E-state index in [-0.39, 0.29) is 12.6 Å². The number of aliphatic hydroxyl groups excluding tert-OH is 6. The third-order valence-electron chi connectivity index (χ3n) is 6.73. The normalized spacial score (nSPS) is 52.7. The second-order valence-corrected chi connectivity index (χ2v) is 8.99. The molecule has 14 heteroatoms. The summed E-state index contributed by atoms with van der Waals surface area (Å²) in [4.78, 5) is 0. The first kappa shape index (κ1) is 26.1. The molecule has 2 saturated heterocycles. The molecule has 2 heterocycles. The van der Waals surface area contributed by atoms with Crippen molar-refractivity contribution in [2.24, 2.45) is 0 Å². The fourth-order valence-electron chi connectivity index (χ4n) is 4.72. The highest BCUT2D eigenvalue weighted by Gasteiger charge is 2.53. The Labute approximate surface area is 185 Å². The van der Waals surface area contributed by atoms with Gasteiger partial charge in [0.1, 0.15) is 60.9 Å². The summed E-state index contributed by atoms with van der Waals surface area (Å²) in [5, 5.41) is 62.9. The first-order chi connectivity index (χ1) is 15.1. The number of likely N-dealkylation sites (N-methyl/N-ethyl adjacent to an activating group) is 1. The Bertz CT molecular complexity index is 606. The average molecular weight is 473 g/mol. The molecule has 0 unspecified atom stereocenters. The lowest BCUT2D eigenvalue weighted by atomic mass is 9.84. The van der Waals surface area contributed by atoms with Gasteiger partial charge in [0.15, 0.2) is 18.4 Å². The van der Waals surface area contributed by atoms with Crippen molar-refractivity contribution < 1.29 is 72.1 Å². The zero-order chi connectivity index (χ0) is 23.7. The molecule has 0 spiro atoms. The summed E-state index contributed by atoms with van der Waals surface area (Å²) in [6.07, 6.45) is -10.4. The lowest BCUT2D eigenvalue weighted by molar-refractivity contribution is -0.687. The molecule has 0 bridgehead atoms. The van der Waals surface area contributed by atoms with Crippen molar-refractivity contribution in [2.75, 3.05) is 20.3 Å². The highest BCUT2D eigenvalue weighted by atomic mass is 16.7. The highest BCUT2D eigenvalue weighted by molar-refractivity contribution is 4.96. The van der Waals surface area contributed by atoms with E-state index in [2.05, 4.69) is 17.2 Å². The van der Waals surface area contributed by atoms with E-state index in [1.807, 2.05) is 0 Å². The van der Waals surface area contributed by atoms with Crippen molar-refractivity contribution in [2.45, 2.75) is 92.0 Å². The van der Waals surface area contributed by atoms with Gasteiger partial charge >= 0.3 is 0 Å². The molecule has 0 aromatic heterocycles. The maximum absolute atomic E-state index is 11.1. The van der Waals surface area contributed by atoms with Gasteiger partial charge in [-0.3, -0.25) is 0 Å². The van der Waals surface area contributed by atoms with Crippen LogP contribution in [0.2, 0.25) is 0 Å². The van der Waals surface area contributed by atoms with Gasteiger partial charge < -0.3 is 72.1 Å². The summed E-state index contributed by atoms with van der Waals surface area (Å²) in [5.74, 6) is 0. The van der Waals surface area contributed by atoms with Gasteiger partial charge in [0.2, 0.25) is 6.29 Å². The van der Waals surface area contributed by atoms with Crippen molar-refractivity contribution in [3.63, 3.8) is 0 Å². The number of nitrogens with two attached hydrogens (primary N) is 1.